The van der Waals surface area contributed by atoms with Crippen molar-refractivity contribution in [2.75, 3.05) is 0 Å². The zero-order chi connectivity index (χ0) is 13.3. The van der Waals surface area contributed by atoms with Gasteiger partial charge in [-0.1, -0.05) is 11.6 Å². The number of aryl methyl sites for hydroxylation is 2. The highest BCUT2D eigenvalue weighted by Gasteiger charge is 2.27. The summed E-state index contributed by atoms with van der Waals surface area (Å²) in [5, 5.41) is 16.6. The number of aliphatic hydroxyl groups is 1. The average molecular weight is 270 g/mol. The molecule has 1 aromatic rings. The molecule has 1 fully saturated rings. The van der Waals surface area contributed by atoms with Gasteiger partial charge >= 0.3 is 0 Å². The summed E-state index contributed by atoms with van der Waals surface area (Å²) >= 11 is 6.05. The Kier molecular flexibility index (Phi) is 3.73. The fraction of sp³-hybridized carbons (Fsp3) is 0.500. The smallest absolute Gasteiger partial charge is 0.244 e. The molecular formula is C12H16ClN3O2. The molecule has 18 heavy (non-hydrogen) atoms. The first-order valence-corrected chi connectivity index (χ1v) is 6.21. The van der Waals surface area contributed by atoms with E-state index in [0.29, 0.717) is 18.0 Å². The third kappa shape index (κ3) is 2.73. The Morgan fingerprint density at radius 3 is 2.78 bits per heavy atom. The maximum absolute atomic E-state index is 11.6. The number of halogens is 1. The summed E-state index contributed by atoms with van der Waals surface area (Å²) in [6.45, 7) is 1.84. The number of amides is 1. The van der Waals surface area contributed by atoms with Crippen molar-refractivity contribution in [3.05, 3.63) is 22.5 Å². The van der Waals surface area contributed by atoms with Crippen LogP contribution in [0.1, 0.15) is 24.1 Å². The summed E-state index contributed by atoms with van der Waals surface area (Å²) < 4.78 is 1.57. The summed E-state index contributed by atoms with van der Waals surface area (Å²) in [7, 11) is 1.75. The Hall–Kier alpha value is -1.33. The van der Waals surface area contributed by atoms with Gasteiger partial charge in [0.1, 0.15) is 5.15 Å². The van der Waals surface area contributed by atoms with Gasteiger partial charge in [-0.15, -0.1) is 0 Å². The van der Waals surface area contributed by atoms with Crippen LogP contribution < -0.4 is 5.32 Å². The van der Waals surface area contributed by atoms with Crippen molar-refractivity contribution in [1.82, 2.24) is 15.1 Å². The van der Waals surface area contributed by atoms with Gasteiger partial charge in [0.2, 0.25) is 5.91 Å². The normalized spacial score (nSPS) is 23.1. The van der Waals surface area contributed by atoms with Gasteiger partial charge in [-0.2, -0.15) is 5.10 Å². The van der Waals surface area contributed by atoms with E-state index in [1.54, 1.807) is 17.8 Å². The number of rotatable bonds is 3. The lowest BCUT2D eigenvalue weighted by molar-refractivity contribution is -0.118. The predicted octanol–water partition coefficient (Wildman–Crippen LogP) is 1.03. The number of carbonyl (C=O) groups is 1. The Bertz CT molecular complexity index is 490. The van der Waals surface area contributed by atoms with Crippen LogP contribution >= 0.6 is 11.6 Å². The number of aliphatic hydroxyl groups excluding tert-OH is 1. The Morgan fingerprint density at radius 2 is 2.28 bits per heavy atom. The number of carbonyl (C=O) groups excluding carboxylic acids is 1. The third-order valence-corrected chi connectivity index (χ3v) is 3.51. The molecule has 1 aliphatic rings. The van der Waals surface area contributed by atoms with Crippen molar-refractivity contribution in [3.8, 4) is 0 Å². The lowest BCUT2D eigenvalue weighted by Crippen LogP contribution is -2.46. The minimum absolute atomic E-state index is 0.0858. The maximum atomic E-state index is 11.6. The Morgan fingerprint density at radius 1 is 1.61 bits per heavy atom. The first-order valence-electron chi connectivity index (χ1n) is 5.83. The van der Waals surface area contributed by atoms with Gasteiger partial charge in [0.15, 0.2) is 0 Å². The number of nitrogens with one attached hydrogen (secondary N) is 1. The highest BCUT2D eigenvalue weighted by atomic mass is 35.5. The molecule has 1 aliphatic carbocycles. The molecule has 2 N–H and O–H groups in total. The van der Waals surface area contributed by atoms with Crippen LogP contribution in [0.15, 0.2) is 6.08 Å². The minimum Gasteiger partial charge on any atom is -0.393 e. The van der Waals surface area contributed by atoms with Gasteiger partial charge < -0.3 is 10.4 Å². The second-order valence-corrected chi connectivity index (χ2v) is 4.94. The predicted molar refractivity (Wildman–Crippen MR) is 69.2 cm³/mol. The molecule has 0 bridgehead atoms. The molecule has 0 aliphatic heterocycles. The van der Waals surface area contributed by atoms with E-state index < -0.39 is 0 Å². The number of nitrogens with zero attached hydrogens (tertiary/aromatic N) is 2. The lowest BCUT2D eigenvalue weighted by Gasteiger charge is -2.31. The number of hydrogen-bond donors (Lipinski definition) is 2. The summed E-state index contributed by atoms with van der Waals surface area (Å²) in [6.07, 6.45) is 4.10. The van der Waals surface area contributed by atoms with Gasteiger partial charge in [0, 0.05) is 24.7 Å². The first-order chi connectivity index (χ1) is 8.47. The zero-order valence-electron chi connectivity index (χ0n) is 10.4. The van der Waals surface area contributed by atoms with E-state index in [1.807, 2.05) is 6.92 Å². The SMILES string of the molecule is Cc1nn(C)c(Cl)c1C=CC(=O)NC1CC(O)C1. The molecule has 0 atom stereocenters. The highest BCUT2D eigenvalue weighted by Crippen LogP contribution is 2.21. The maximum Gasteiger partial charge on any atom is 0.244 e. The molecule has 98 valence electrons. The van der Waals surface area contributed by atoms with E-state index in [2.05, 4.69) is 10.4 Å². The molecule has 1 aromatic heterocycles. The zero-order valence-corrected chi connectivity index (χ0v) is 11.1. The molecule has 0 aromatic carbocycles. The van der Waals surface area contributed by atoms with E-state index >= 15 is 0 Å². The standard InChI is InChI=1S/C12H16ClN3O2/c1-7-10(12(13)16(2)15-7)3-4-11(18)14-8-5-9(17)6-8/h3-4,8-9,17H,5-6H2,1-2H3,(H,14,18). The lowest BCUT2D eigenvalue weighted by atomic mass is 9.89. The molecule has 0 radical (unpaired) electrons. The number of aromatic nitrogens is 2. The summed E-state index contributed by atoms with van der Waals surface area (Å²) in [5.41, 5.74) is 1.54. The van der Waals surface area contributed by atoms with Crippen molar-refractivity contribution >= 4 is 23.6 Å². The quantitative estimate of drug-likeness (QED) is 0.806. The van der Waals surface area contributed by atoms with Crippen LogP contribution in [0, 0.1) is 6.92 Å². The molecule has 5 nitrogen and oxygen atoms in total. The molecule has 0 spiro atoms. The van der Waals surface area contributed by atoms with Crippen molar-refractivity contribution < 1.29 is 9.90 Å². The van der Waals surface area contributed by atoms with Gasteiger partial charge in [-0.3, -0.25) is 9.48 Å². The topological polar surface area (TPSA) is 67.2 Å². The molecule has 1 amide bonds. The molecule has 0 unspecified atom stereocenters. The van der Waals surface area contributed by atoms with E-state index in [4.69, 9.17) is 16.7 Å². The van der Waals surface area contributed by atoms with Gasteiger partial charge in [-0.05, 0) is 25.8 Å². The summed E-state index contributed by atoms with van der Waals surface area (Å²) in [4.78, 5) is 11.6. The van der Waals surface area contributed by atoms with E-state index in [0.717, 1.165) is 11.3 Å². The van der Waals surface area contributed by atoms with Crippen LogP contribution in [0.2, 0.25) is 5.15 Å². The van der Waals surface area contributed by atoms with Gasteiger partial charge in [0.05, 0.1) is 11.8 Å². The second-order valence-electron chi connectivity index (χ2n) is 4.58. The van der Waals surface area contributed by atoms with Crippen LogP contribution in [0.4, 0.5) is 0 Å². The summed E-state index contributed by atoms with van der Waals surface area (Å²) in [5.74, 6) is -0.175. The third-order valence-electron chi connectivity index (χ3n) is 3.06. The fourth-order valence-corrected chi connectivity index (χ4v) is 2.19. The van der Waals surface area contributed by atoms with Gasteiger partial charge in [-0.25, -0.2) is 0 Å². The Balaban J connectivity index is 1.95. The fourth-order valence-electron chi connectivity index (χ4n) is 1.95. The monoisotopic (exact) mass is 269 g/mol. The molecule has 6 heteroatoms. The minimum atomic E-state index is -0.269. The van der Waals surface area contributed by atoms with Crippen molar-refractivity contribution in [3.63, 3.8) is 0 Å². The average Bonchev–Trinajstić information content (AvgIpc) is 2.49. The van der Waals surface area contributed by atoms with Crippen molar-refractivity contribution in [1.29, 1.82) is 0 Å². The van der Waals surface area contributed by atoms with Crippen LogP contribution in [0.5, 0.6) is 0 Å². The molecule has 2 rings (SSSR count). The van der Waals surface area contributed by atoms with Crippen molar-refractivity contribution in [2.45, 2.75) is 31.9 Å². The first kappa shape index (κ1) is 13.1. The van der Waals surface area contributed by atoms with E-state index in [9.17, 15) is 4.79 Å². The van der Waals surface area contributed by atoms with E-state index in [-0.39, 0.29) is 18.1 Å². The van der Waals surface area contributed by atoms with Crippen LogP contribution in [-0.2, 0) is 11.8 Å². The van der Waals surface area contributed by atoms with Crippen LogP contribution in [0.3, 0.4) is 0 Å². The van der Waals surface area contributed by atoms with Crippen LogP contribution in [-0.4, -0.2) is 32.9 Å². The van der Waals surface area contributed by atoms with Crippen molar-refractivity contribution in [2.24, 2.45) is 7.05 Å². The second kappa shape index (κ2) is 5.12. The number of hydrogen-bond acceptors (Lipinski definition) is 3. The molecular weight excluding hydrogens is 254 g/mol. The largest absolute Gasteiger partial charge is 0.393 e. The molecule has 1 saturated carbocycles. The van der Waals surface area contributed by atoms with Crippen LogP contribution in [0.25, 0.3) is 6.08 Å². The molecule has 1 heterocycles. The Labute approximate surface area is 110 Å². The summed E-state index contributed by atoms with van der Waals surface area (Å²) in [6, 6.07) is 0.0858. The molecule has 0 saturated heterocycles. The van der Waals surface area contributed by atoms with Gasteiger partial charge in [0.25, 0.3) is 0 Å². The van der Waals surface area contributed by atoms with E-state index in [1.165, 1.54) is 6.08 Å². The highest BCUT2D eigenvalue weighted by molar-refractivity contribution is 6.31.